The highest BCUT2D eigenvalue weighted by atomic mass is 32.1. The number of nitrogens with one attached hydrogen (secondary N) is 2. The minimum atomic E-state index is -0.368. The van der Waals surface area contributed by atoms with Gasteiger partial charge in [0.25, 0.3) is 0 Å². The zero-order valence-corrected chi connectivity index (χ0v) is 14.2. The first-order valence-electron chi connectivity index (χ1n) is 8.10. The number of urea groups is 1. The molecule has 3 amide bonds. The number of aryl methyl sites for hydroxylation is 1. The third-order valence-corrected chi connectivity index (χ3v) is 5.02. The molecule has 1 aliphatic heterocycles. The van der Waals surface area contributed by atoms with E-state index in [0.29, 0.717) is 0 Å². The van der Waals surface area contributed by atoms with Crippen LogP contribution in [0.5, 0.6) is 0 Å². The second-order valence-electron chi connectivity index (χ2n) is 6.18. The number of amides is 3. The van der Waals surface area contributed by atoms with Crippen molar-refractivity contribution in [2.24, 2.45) is 0 Å². The van der Waals surface area contributed by atoms with Gasteiger partial charge in [-0.1, -0.05) is 0 Å². The molecule has 2 aliphatic rings. The second-order valence-corrected chi connectivity index (χ2v) is 7.02. The molecule has 1 saturated heterocycles. The summed E-state index contributed by atoms with van der Waals surface area (Å²) in [5.41, 5.74) is 1.05. The molecule has 23 heavy (non-hydrogen) atoms. The molecule has 2 fully saturated rings. The van der Waals surface area contributed by atoms with Gasteiger partial charge in [0.05, 0.1) is 12.2 Å². The zero-order valence-electron chi connectivity index (χ0n) is 13.4. The van der Waals surface area contributed by atoms with E-state index in [9.17, 15) is 9.59 Å². The predicted molar refractivity (Wildman–Crippen MR) is 89.8 cm³/mol. The van der Waals surface area contributed by atoms with Crippen LogP contribution < -0.4 is 15.5 Å². The molecule has 0 unspecified atom stereocenters. The molecular formula is C15H23N5O2S. The molecule has 1 aliphatic carbocycles. The number of hydrogen-bond donors (Lipinski definition) is 2. The van der Waals surface area contributed by atoms with Crippen LogP contribution in [0.15, 0.2) is 5.38 Å². The van der Waals surface area contributed by atoms with Crippen LogP contribution in [-0.2, 0) is 4.79 Å². The van der Waals surface area contributed by atoms with Gasteiger partial charge >= 0.3 is 6.03 Å². The average Bonchev–Trinajstić information content (AvgIpc) is 3.24. The maximum absolute atomic E-state index is 12.0. The Morgan fingerprint density at radius 3 is 2.83 bits per heavy atom. The normalized spacial score (nSPS) is 19.3. The molecule has 126 valence electrons. The summed E-state index contributed by atoms with van der Waals surface area (Å²) < 4.78 is 0. The van der Waals surface area contributed by atoms with Crippen LogP contribution in [-0.4, -0.2) is 60.6 Å². The second kappa shape index (κ2) is 7.27. The number of carbonyl (C=O) groups is 2. The van der Waals surface area contributed by atoms with E-state index in [2.05, 4.69) is 30.8 Å². The summed E-state index contributed by atoms with van der Waals surface area (Å²) in [6.07, 6.45) is 3.01. The monoisotopic (exact) mass is 337 g/mol. The van der Waals surface area contributed by atoms with Crippen molar-refractivity contribution in [3.63, 3.8) is 0 Å². The van der Waals surface area contributed by atoms with Gasteiger partial charge in [0, 0.05) is 37.6 Å². The van der Waals surface area contributed by atoms with Gasteiger partial charge in [-0.3, -0.25) is 15.0 Å². The van der Waals surface area contributed by atoms with Crippen LogP contribution in [0.4, 0.5) is 9.93 Å². The Hall–Kier alpha value is -1.67. The predicted octanol–water partition coefficient (Wildman–Crippen LogP) is 0.952. The summed E-state index contributed by atoms with van der Waals surface area (Å²) in [4.78, 5) is 32.4. The number of rotatable bonds is 4. The summed E-state index contributed by atoms with van der Waals surface area (Å²) in [5, 5.41) is 8.28. The van der Waals surface area contributed by atoms with Crippen molar-refractivity contribution in [3.05, 3.63) is 11.1 Å². The number of imide groups is 1. The third kappa shape index (κ3) is 4.90. The largest absolute Gasteiger partial charge is 0.347 e. The Morgan fingerprint density at radius 1 is 1.30 bits per heavy atom. The quantitative estimate of drug-likeness (QED) is 0.855. The van der Waals surface area contributed by atoms with Crippen LogP contribution in [0.3, 0.4) is 0 Å². The molecule has 7 nitrogen and oxygen atoms in total. The Labute approximate surface area is 140 Å². The lowest BCUT2D eigenvalue weighted by molar-refractivity contribution is -0.121. The minimum Gasteiger partial charge on any atom is -0.347 e. The number of carbonyl (C=O) groups excluding carboxylic acids is 2. The van der Waals surface area contributed by atoms with Crippen LogP contribution >= 0.6 is 11.3 Å². The van der Waals surface area contributed by atoms with Crippen molar-refractivity contribution in [2.75, 3.05) is 37.6 Å². The Bertz CT molecular complexity index is 572. The van der Waals surface area contributed by atoms with Crippen molar-refractivity contribution in [1.82, 2.24) is 20.5 Å². The van der Waals surface area contributed by atoms with Gasteiger partial charge in [0.2, 0.25) is 5.91 Å². The maximum Gasteiger partial charge on any atom is 0.321 e. The van der Waals surface area contributed by atoms with E-state index in [1.54, 1.807) is 11.3 Å². The fourth-order valence-electron chi connectivity index (χ4n) is 2.63. The summed E-state index contributed by atoms with van der Waals surface area (Å²) in [5.74, 6) is -0.235. The van der Waals surface area contributed by atoms with Gasteiger partial charge in [0.1, 0.15) is 0 Å². The number of nitrogens with zero attached hydrogens (tertiary/aromatic N) is 3. The number of aromatic nitrogens is 1. The van der Waals surface area contributed by atoms with Crippen LogP contribution in [0.2, 0.25) is 0 Å². The van der Waals surface area contributed by atoms with Gasteiger partial charge in [0.15, 0.2) is 5.13 Å². The van der Waals surface area contributed by atoms with E-state index in [1.807, 2.05) is 6.92 Å². The fraction of sp³-hybridized carbons (Fsp3) is 0.667. The first-order chi connectivity index (χ1) is 11.1. The molecule has 0 aromatic carbocycles. The first-order valence-corrected chi connectivity index (χ1v) is 8.98. The Balaban J connectivity index is 1.44. The molecule has 8 heteroatoms. The van der Waals surface area contributed by atoms with E-state index in [0.717, 1.165) is 56.3 Å². The highest BCUT2D eigenvalue weighted by Gasteiger charge is 2.24. The summed E-state index contributed by atoms with van der Waals surface area (Å²) in [6.45, 7) is 5.74. The smallest absolute Gasteiger partial charge is 0.321 e. The highest BCUT2D eigenvalue weighted by Crippen LogP contribution is 2.21. The molecule has 1 saturated carbocycles. The third-order valence-electron chi connectivity index (χ3n) is 4.00. The van der Waals surface area contributed by atoms with Crippen LogP contribution in [0.25, 0.3) is 0 Å². The number of thiazole rings is 1. The van der Waals surface area contributed by atoms with Crippen molar-refractivity contribution in [3.8, 4) is 0 Å². The molecule has 0 radical (unpaired) electrons. The molecule has 0 bridgehead atoms. The number of anilines is 1. The van der Waals surface area contributed by atoms with Gasteiger partial charge in [-0.2, -0.15) is 0 Å². The van der Waals surface area contributed by atoms with Gasteiger partial charge < -0.3 is 10.2 Å². The highest BCUT2D eigenvalue weighted by molar-refractivity contribution is 7.13. The van der Waals surface area contributed by atoms with Crippen molar-refractivity contribution in [2.45, 2.75) is 32.2 Å². The topological polar surface area (TPSA) is 77.6 Å². The lowest BCUT2D eigenvalue weighted by atomic mass is 10.4. The SMILES string of the molecule is Cc1csc(N2CCCN(CC(=O)NC(=O)NC3CC3)CC2)n1. The summed E-state index contributed by atoms with van der Waals surface area (Å²) in [6, 6.07) is -0.108. The Kier molecular flexibility index (Phi) is 5.12. The zero-order chi connectivity index (χ0) is 16.2. The van der Waals surface area contributed by atoms with Crippen molar-refractivity contribution < 1.29 is 9.59 Å². The minimum absolute atomic E-state index is 0.235. The molecule has 0 spiro atoms. The van der Waals surface area contributed by atoms with Crippen LogP contribution in [0.1, 0.15) is 25.0 Å². The van der Waals surface area contributed by atoms with Crippen molar-refractivity contribution in [1.29, 1.82) is 0 Å². The first kappa shape index (κ1) is 16.2. The standard InChI is InChI=1S/C15H23N5O2S/c1-11-10-23-15(16-11)20-6-2-5-19(7-8-20)9-13(21)18-14(22)17-12-3-4-12/h10,12H,2-9H2,1H3,(H2,17,18,21,22). The van der Waals surface area contributed by atoms with Crippen LogP contribution in [0, 0.1) is 6.92 Å². The van der Waals surface area contributed by atoms with E-state index in [4.69, 9.17) is 0 Å². The lowest BCUT2D eigenvalue weighted by Crippen LogP contribution is -2.45. The van der Waals surface area contributed by atoms with Gasteiger partial charge in [-0.05, 0) is 26.2 Å². The van der Waals surface area contributed by atoms with Crippen molar-refractivity contribution >= 4 is 28.4 Å². The molecule has 2 N–H and O–H groups in total. The molecule has 3 rings (SSSR count). The maximum atomic E-state index is 12.0. The molecule has 2 heterocycles. The van der Waals surface area contributed by atoms with E-state index in [1.165, 1.54) is 0 Å². The van der Waals surface area contributed by atoms with Gasteiger partial charge in [-0.15, -0.1) is 11.3 Å². The fourth-order valence-corrected chi connectivity index (χ4v) is 3.48. The molecule has 0 atom stereocenters. The van der Waals surface area contributed by atoms with Gasteiger partial charge in [-0.25, -0.2) is 9.78 Å². The van der Waals surface area contributed by atoms with E-state index in [-0.39, 0.29) is 24.5 Å². The lowest BCUT2D eigenvalue weighted by Gasteiger charge is -2.21. The summed E-state index contributed by atoms with van der Waals surface area (Å²) in [7, 11) is 0. The molecule has 1 aromatic heterocycles. The van der Waals surface area contributed by atoms with E-state index >= 15 is 0 Å². The van der Waals surface area contributed by atoms with E-state index < -0.39 is 0 Å². The average molecular weight is 337 g/mol. The number of hydrogen-bond acceptors (Lipinski definition) is 6. The summed E-state index contributed by atoms with van der Waals surface area (Å²) >= 11 is 1.66. The Morgan fingerprint density at radius 2 is 2.13 bits per heavy atom. The molecule has 1 aromatic rings. The molecular weight excluding hydrogens is 314 g/mol.